The first-order valence-corrected chi connectivity index (χ1v) is 11.7. The van der Waals surface area contributed by atoms with Crippen molar-refractivity contribution < 1.29 is 13.6 Å². The lowest BCUT2D eigenvalue weighted by Gasteiger charge is -2.34. The second-order valence-electron chi connectivity index (χ2n) is 9.26. The standard InChI is InChI=1S/C26H28F2N6O/c1-17-29-22(16-33(17)15-18-7-8-19(27)14-21(18)28)25-30-24(23-6-4-5-11-34(23)25)26(35)32-12-9-20(10-13-32)31(2)3/h4-8,11,14,16,20H,9-10,12-13,15H2,1-3H3. The van der Waals surface area contributed by atoms with E-state index >= 15 is 0 Å². The Kier molecular flexibility index (Phi) is 6.10. The van der Waals surface area contributed by atoms with Gasteiger partial charge >= 0.3 is 0 Å². The molecular weight excluding hydrogens is 450 g/mol. The zero-order valence-electron chi connectivity index (χ0n) is 20.1. The molecule has 0 radical (unpaired) electrons. The van der Waals surface area contributed by atoms with E-state index in [1.165, 1.54) is 12.1 Å². The summed E-state index contributed by atoms with van der Waals surface area (Å²) >= 11 is 0. The predicted octanol–water partition coefficient (Wildman–Crippen LogP) is 4.00. The van der Waals surface area contributed by atoms with Crippen molar-refractivity contribution in [1.29, 1.82) is 0 Å². The molecule has 5 rings (SSSR count). The average Bonchev–Trinajstić information content (AvgIpc) is 3.41. The van der Waals surface area contributed by atoms with Crippen LogP contribution in [0.2, 0.25) is 0 Å². The highest BCUT2D eigenvalue weighted by atomic mass is 19.1. The van der Waals surface area contributed by atoms with Crippen molar-refractivity contribution in [2.75, 3.05) is 27.2 Å². The molecule has 9 heteroatoms. The van der Waals surface area contributed by atoms with Gasteiger partial charge in [0.15, 0.2) is 11.5 Å². The molecule has 35 heavy (non-hydrogen) atoms. The molecule has 0 spiro atoms. The van der Waals surface area contributed by atoms with Crippen molar-refractivity contribution in [1.82, 2.24) is 28.7 Å². The fourth-order valence-electron chi connectivity index (χ4n) is 4.72. The summed E-state index contributed by atoms with van der Waals surface area (Å²) in [5.41, 5.74) is 2.07. The largest absolute Gasteiger partial charge is 0.337 e. The molecule has 1 saturated heterocycles. The Bertz CT molecular complexity index is 1380. The first-order chi connectivity index (χ1) is 16.8. The zero-order valence-corrected chi connectivity index (χ0v) is 20.1. The highest BCUT2D eigenvalue weighted by Gasteiger charge is 2.28. The molecule has 1 amide bonds. The predicted molar refractivity (Wildman–Crippen MR) is 129 cm³/mol. The summed E-state index contributed by atoms with van der Waals surface area (Å²) in [5, 5.41) is 0. The number of amides is 1. The molecule has 1 aromatic carbocycles. The van der Waals surface area contributed by atoms with Gasteiger partial charge in [0, 0.05) is 43.2 Å². The van der Waals surface area contributed by atoms with Crippen LogP contribution in [0.3, 0.4) is 0 Å². The Labute approximate surface area is 202 Å². The molecule has 0 atom stereocenters. The monoisotopic (exact) mass is 478 g/mol. The Balaban J connectivity index is 1.46. The molecule has 3 aromatic heterocycles. The van der Waals surface area contributed by atoms with Crippen molar-refractivity contribution in [2.24, 2.45) is 0 Å². The highest BCUT2D eigenvalue weighted by molar-refractivity contribution is 6.00. The third-order valence-electron chi connectivity index (χ3n) is 6.79. The van der Waals surface area contributed by atoms with Crippen LogP contribution in [-0.2, 0) is 6.54 Å². The van der Waals surface area contributed by atoms with Gasteiger partial charge in [-0.15, -0.1) is 0 Å². The van der Waals surface area contributed by atoms with Gasteiger partial charge in [0.1, 0.15) is 23.2 Å². The summed E-state index contributed by atoms with van der Waals surface area (Å²) in [4.78, 5) is 26.9. The molecule has 4 aromatic rings. The van der Waals surface area contributed by atoms with Crippen LogP contribution in [0.25, 0.3) is 17.0 Å². The van der Waals surface area contributed by atoms with Gasteiger partial charge in [0.25, 0.3) is 5.91 Å². The van der Waals surface area contributed by atoms with Gasteiger partial charge in [-0.05, 0) is 52.1 Å². The number of nitrogens with zero attached hydrogens (tertiary/aromatic N) is 6. The summed E-state index contributed by atoms with van der Waals surface area (Å²) in [7, 11) is 4.14. The average molecular weight is 479 g/mol. The van der Waals surface area contributed by atoms with E-state index in [9.17, 15) is 13.6 Å². The molecule has 4 heterocycles. The lowest BCUT2D eigenvalue weighted by molar-refractivity contribution is 0.0660. The molecule has 1 aliphatic heterocycles. The zero-order chi connectivity index (χ0) is 24.7. The summed E-state index contributed by atoms with van der Waals surface area (Å²) < 4.78 is 31.2. The number of aromatic nitrogens is 4. The van der Waals surface area contributed by atoms with Crippen LogP contribution >= 0.6 is 0 Å². The Hall–Kier alpha value is -3.59. The third-order valence-corrected chi connectivity index (χ3v) is 6.79. The Morgan fingerprint density at radius 3 is 2.60 bits per heavy atom. The number of halogens is 2. The number of pyridine rings is 1. The van der Waals surface area contributed by atoms with Crippen LogP contribution in [-0.4, -0.2) is 67.9 Å². The molecule has 182 valence electrons. The molecule has 7 nitrogen and oxygen atoms in total. The molecular formula is C26H28F2N6O. The first-order valence-electron chi connectivity index (χ1n) is 11.7. The Morgan fingerprint density at radius 2 is 1.89 bits per heavy atom. The van der Waals surface area contributed by atoms with Crippen LogP contribution in [0.5, 0.6) is 0 Å². The normalized spacial score (nSPS) is 14.9. The lowest BCUT2D eigenvalue weighted by Crippen LogP contribution is -2.44. The van der Waals surface area contributed by atoms with E-state index in [1.807, 2.05) is 40.6 Å². The van der Waals surface area contributed by atoms with Crippen LogP contribution in [0.4, 0.5) is 8.78 Å². The van der Waals surface area contributed by atoms with Crippen LogP contribution in [0, 0.1) is 18.6 Å². The molecule has 0 N–H and O–H groups in total. The molecule has 0 saturated carbocycles. The number of fused-ring (bicyclic) bond motifs is 1. The maximum Gasteiger partial charge on any atom is 0.274 e. The minimum Gasteiger partial charge on any atom is -0.337 e. The number of piperidine rings is 1. The van der Waals surface area contributed by atoms with Gasteiger partial charge in [-0.1, -0.05) is 12.1 Å². The van der Waals surface area contributed by atoms with Crippen molar-refractivity contribution in [3.63, 3.8) is 0 Å². The van der Waals surface area contributed by atoms with Crippen LogP contribution in [0.1, 0.15) is 34.7 Å². The SMILES string of the molecule is Cc1nc(-c2nc(C(=O)N3CCC(N(C)C)CC3)c3ccccn23)cn1Cc1ccc(F)cc1F. The number of carbonyl (C=O) groups is 1. The van der Waals surface area contributed by atoms with E-state index in [-0.39, 0.29) is 12.5 Å². The fourth-order valence-corrected chi connectivity index (χ4v) is 4.72. The van der Waals surface area contributed by atoms with Gasteiger partial charge in [0.2, 0.25) is 0 Å². The number of hydrogen-bond acceptors (Lipinski definition) is 4. The fraction of sp³-hybridized carbons (Fsp3) is 0.346. The van der Waals surface area contributed by atoms with Crippen LogP contribution in [0.15, 0.2) is 48.8 Å². The summed E-state index contributed by atoms with van der Waals surface area (Å²) in [5.74, 6) is -0.0802. The second kappa shape index (κ2) is 9.22. The van der Waals surface area contributed by atoms with Gasteiger partial charge < -0.3 is 14.4 Å². The van der Waals surface area contributed by atoms with E-state index in [1.54, 1.807) is 10.8 Å². The second-order valence-corrected chi connectivity index (χ2v) is 9.26. The summed E-state index contributed by atoms with van der Waals surface area (Å²) in [6, 6.07) is 9.69. The molecule has 1 aliphatic rings. The van der Waals surface area contributed by atoms with E-state index in [0.717, 1.165) is 24.4 Å². The number of hydrogen-bond donors (Lipinski definition) is 0. The van der Waals surface area contributed by atoms with Crippen molar-refractivity contribution in [2.45, 2.75) is 32.4 Å². The maximum absolute atomic E-state index is 14.2. The smallest absolute Gasteiger partial charge is 0.274 e. The van der Waals surface area contributed by atoms with E-state index in [4.69, 9.17) is 4.98 Å². The lowest BCUT2D eigenvalue weighted by atomic mass is 10.0. The number of imidazole rings is 2. The molecule has 0 unspecified atom stereocenters. The topological polar surface area (TPSA) is 58.7 Å². The number of rotatable bonds is 5. The number of benzene rings is 1. The van der Waals surface area contributed by atoms with E-state index < -0.39 is 11.6 Å². The number of carbonyl (C=O) groups excluding carboxylic acids is 1. The summed E-state index contributed by atoms with van der Waals surface area (Å²) in [6.45, 7) is 3.42. The van der Waals surface area contributed by atoms with Gasteiger partial charge in [-0.2, -0.15) is 0 Å². The van der Waals surface area contributed by atoms with Gasteiger partial charge in [-0.3, -0.25) is 9.20 Å². The summed E-state index contributed by atoms with van der Waals surface area (Å²) in [6.07, 6.45) is 5.51. The quantitative estimate of drug-likeness (QED) is 0.435. The number of likely N-dealkylation sites (tertiary alicyclic amines) is 1. The van der Waals surface area contributed by atoms with Crippen molar-refractivity contribution in [3.05, 3.63) is 77.5 Å². The molecule has 0 aliphatic carbocycles. The van der Waals surface area contributed by atoms with Crippen LogP contribution < -0.4 is 0 Å². The maximum atomic E-state index is 14.2. The highest BCUT2D eigenvalue weighted by Crippen LogP contribution is 2.25. The Morgan fingerprint density at radius 1 is 1.11 bits per heavy atom. The van der Waals surface area contributed by atoms with E-state index in [0.29, 0.717) is 47.7 Å². The van der Waals surface area contributed by atoms with Crippen molar-refractivity contribution >= 4 is 11.4 Å². The van der Waals surface area contributed by atoms with Gasteiger partial charge in [-0.25, -0.2) is 18.7 Å². The molecule has 0 bridgehead atoms. The van der Waals surface area contributed by atoms with Gasteiger partial charge in [0.05, 0.1) is 12.1 Å². The van der Waals surface area contributed by atoms with E-state index in [2.05, 4.69) is 24.0 Å². The minimum absolute atomic E-state index is 0.0818. The third kappa shape index (κ3) is 4.43. The first kappa shape index (κ1) is 23.2. The van der Waals surface area contributed by atoms with Crippen molar-refractivity contribution in [3.8, 4) is 11.5 Å². The molecule has 1 fully saturated rings. The number of aryl methyl sites for hydroxylation is 1. The minimum atomic E-state index is -0.610.